The van der Waals surface area contributed by atoms with Crippen LogP contribution in [0, 0.1) is 11.3 Å². The largest absolute Gasteiger partial charge is 0.454 e. The fraction of sp³-hybridized carbons (Fsp3) is 0.250. The summed E-state index contributed by atoms with van der Waals surface area (Å²) < 4.78 is 50.9. The third kappa shape index (κ3) is 3.39. The van der Waals surface area contributed by atoms with Crippen molar-refractivity contribution in [3.63, 3.8) is 0 Å². The molecule has 9 heteroatoms. The average Bonchev–Trinajstić information content (AvgIpc) is 3.26. The number of alkyl halides is 3. The molecule has 168 valence electrons. The van der Waals surface area contributed by atoms with Gasteiger partial charge in [-0.3, -0.25) is 9.69 Å². The molecule has 5 rings (SSSR count). The fourth-order valence-corrected chi connectivity index (χ4v) is 4.63. The van der Waals surface area contributed by atoms with E-state index in [4.69, 9.17) is 15.2 Å². The number of nitrogens with zero attached hydrogens (tertiary/aromatic N) is 2. The number of ketones is 1. The lowest BCUT2D eigenvalue weighted by atomic mass is 9.75. The molecule has 2 aromatic rings. The molecular formula is C24H18F3N3O3. The van der Waals surface area contributed by atoms with E-state index in [2.05, 4.69) is 6.07 Å². The van der Waals surface area contributed by atoms with Crippen molar-refractivity contribution in [2.24, 2.45) is 5.73 Å². The molecule has 1 atom stereocenters. The number of nitrogens with two attached hydrogens (primary N) is 1. The summed E-state index contributed by atoms with van der Waals surface area (Å²) in [7, 11) is 0. The SMILES string of the molecule is N#CC1=C(N)N(c2cccc(C(F)(F)F)c2)C2=C(C(=O)CCC2)[C@@H]1c1ccc2c(c1)OCO2. The predicted molar refractivity (Wildman–Crippen MR) is 112 cm³/mol. The zero-order valence-corrected chi connectivity index (χ0v) is 17.3. The number of carbonyl (C=O) groups excluding carboxylic acids is 1. The van der Waals surface area contributed by atoms with Crippen molar-refractivity contribution in [1.82, 2.24) is 0 Å². The highest BCUT2D eigenvalue weighted by Crippen LogP contribution is 2.48. The Morgan fingerprint density at radius 1 is 1.09 bits per heavy atom. The van der Waals surface area contributed by atoms with Crippen molar-refractivity contribution in [2.75, 3.05) is 11.7 Å². The number of anilines is 1. The van der Waals surface area contributed by atoms with Crippen LogP contribution in [0.5, 0.6) is 11.5 Å². The van der Waals surface area contributed by atoms with E-state index in [1.807, 2.05) is 0 Å². The molecule has 0 saturated heterocycles. The molecule has 0 aromatic heterocycles. The summed E-state index contributed by atoms with van der Waals surface area (Å²) in [5, 5.41) is 10.0. The van der Waals surface area contributed by atoms with E-state index in [0.717, 1.165) is 12.1 Å². The number of ether oxygens (including phenoxy) is 2. The Balaban J connectivity index is 1.71. The maximum atomic E-state index is 13.4. The summed E-state index contributed by atoms with van der Waals surface area (Å²) in [4.78, 5) is 14.5. The summed E-state index contributed by atoms with van der Waals surface area (Å²) >= 11 is 0. The minimum absolute atomic E-state index is 0.00735. The van der Waals surface area contributed by atoms with E-state index in [1.54, 1.807) is 18.2 Å². The molecule has 1 aliphatic carbocycles. The Morgan fingerprint density at radius 2 is 1.88 bits per heavy atom. The topological polar surface area (TPSA) is 88.6 Å². The third-order valence-corrected chi connectivity index (χ3v) is 6.07. The monoisotopic (exact) mass is 453 g/mol. The molecule has 6 nitrogen and oxygen atoms in total. The van der Waals surface area contributed by atoms with Gasteiger partial charge in [0.15, 0.2) is 17.3 Å². The van der Waals surface area contributed by atoms with Crippen molar-refractivity contribution in [3.8, 4) is 17.6 Å². The van der Waals surface area contributed by atoms with E-state index in [0.29, 0.717) is 41.2 Å². The van der Waals surface area contributed by atoms with Gasteiger partial charge in [-0.05, 0) is 48.7 Å². The number of hydrogen-bond acceptors (Lipinski definition) is 6. The van der Waals surface area contributed by atoms with Gasteiger partial charge < -0.3 is 15.2 Å². The second-order valence-corrected chi connectivity index (χ2v) is 7.98. The molecule has 0 fully saturated rings. The smallest absolute Gasteiger partial charge is 0.416 e. The lowest BCUT2D eigenvalue weighted by Crippen LogP contribution is -2.38. The highest BCUT2D eigenvalue weighted by atomic mass is 19.4. The van der Waals surface area contributed by atoms with Gasteiger partial charge in [0.1, 0.15) is 5.82 Å². The molecule has 0 saturated carbocycles. The molecule has 2 heterocycles. The summed E-state index contributed by atoms with van der Waals surface area (Å²) in [5.41, 5.74) is 7.36. The summed E-state index contributed by atoms with van der Waals surface area (Å²) in [6.45, 7) is 0.0722. The molecule has 0 bridgehead atoms. The van der Waals surface area contributed by atoms with Gasteiger partial charge in [0.25, 0.3) is 0 Å². The van der Waals surface area contributed by atoms with Crippen LogP contribution in [0.4, 0.5) is 18.9 Å². The van der Waals surface area contributed by atoms with Crippen LogP contribution in [0.3, 0.4) is 0 Å². The molecule has 33 heavy (non-hydrogen) atoms. The summed E-state index contributed by atoms with van der Waals surface area (Å²) in [6.07, 6.45) is -3.28. The van der Waals surface area contributed by atoms with Crippen LogP contribution in [0.2, 0.25) is 0 Å². The zero-order valence-electron chi connectivity index (χ0n) is 17.3. The van der Waals surface area contributed by atoms with E-state index in [9.17, 15) is 23.2 Å². The molecule has 0 spiro atoms. The standard InChI is InChI=1S/C24H18F3N3O3/c25-24(26,27)14-3-1-4-15(10-14)30-17-5-2-6-18(31)22(17)21(16(11-28)23(30)29)13-7-8-19-20(9-13)33-12-32-19/h1,3-4,7-10,21H,2,5-6,12,29H2/t21-/m1/s1. The van der Waals surface area contributed by atoms with Gasteiger partial charge in [-0.2, -0.15) is 18.4 Å². The van der Waals surface area contributed by atoms with Gasteiger partial charge in [-0.1, -0.05) is 12.1 Å². The van der Waals surface area contributed by atoms with Crippen LogP contribution >= 0.6 is 0 Å². The first-order chi connectivity index (χ1) is 15.8. The van der Waals surface area contributed by atoms with Gasteiger partial charge in [-0.25, -0.2) is 0 Å². The summed E-state index contributed by atoms with van der Waals surface area (Å²) in [5.74, 6) is 0.160. The van der Waals surface area contributed by atoms with Crippen LogP contribution in [0.1, 0.15) is 36.3 Å². The first kappa shape index (κ1) is 20.9. The molecule has 0 unspecified atom stereocenters. The molecule has 2 aliphatic heterocycles. The maximum Gasteiger partial charge on any atom is 0.416 e. The summed E-state index contributed by atoms with van der Waals surface area (Å²) in [6, 6.07) is 12.0. The van der Waals surface area contributed by atoms with Crippen LogP contribution in [-0.2, 0) is 11.0 Å². The lowest BCUT2D eigenvalue weighted by molar-refractivity contribution is -0.137. The molecule has 3 aliphatic rings. The maximum absolute atomic E-state index is 13.4. The average molecular weight is 453 g/mol. The first-order valence-electron chi connectivity index (χ1n) is 10.3. The Labute approximate surface area is 187 Å². The van der Waals surface area contributed by atoms with Crippen molar-refractivity contribution in [1.29, 1.82) is 5.26 Å². The van der Waals surface area contributed by atoms with Crippen LogP contribution in [-0.4, -0.2) is 12.6 Å². The molecule has 2 aromatic carbocycles. The van der Waals surface area contributed by atoms with Crippen LogP contribution in [0.25, 0.3) is 0 Å². The van der Waals surface area contributed by atoms with Crippen molar-refractivity contribution >= 4 is 11.5 Å². The first-order valence-corrected chi connectivity index (χ1v) is 10.3. The number of halogens is 3. The van der Waals surface area contributed by atoms with Crippen molar-refractivity contribution in [2.45, 2.75) is 31.4 Å². The minimum atomic E-state index is -4.54. The number of rotatable bonds is 2. The van der Waals surface area contributed by atoms with Crippen molar-refractivity contribution < 1.29 is 27.4 Å². The highest BCUT2D eigenvalue weighted by Gasteiger charge is 2.41. The third-order valence-electron chi connectivity index (χ3n) is 6.07. The number of allylic oxidation sites excluding steroid dienone is 3. The molecule has 2 N–H and O–H groups in total. The van der Waals surface area contributed by atoms with Crippen LogP contribution < -0.4 is 20.1 Å². The minimum Gasteiger partial charge on any atom is -0.454 e. The van der Waals surface area contributed by atoms with Crippen molar-refractivity contribution in [3.05, 3.63) is 76.3 Å². The highest BCUT2D eigenvalue weighted by molar-refractivity contribution is 6.01. The quantitative estimate of drug-likeness (QED) is 0.707. The zero-order chi connectivity index (χ0) is 23.3. The van der Waals surface area contributed by atoms with Gasteiger partial charge in [0, 0.05) is 23.4 Å². The predicted octanol–water partition coefficient (Wildman–Crippen LogP) is 4.74. The van der Waals surface area contributed by atoms with Gasteiger partial charge >= 0.3 is 6.18 Å². The Kier molecular flexibility index (Phi) is 4.81. The Bertz CT molecular complexity index is 1270. The van der Waals surface area contributed by atoms with Crippen LogP contribution in [0.15, 0.2) is 65.1 Å². The molecule has 0 radical (unpaired) electrons. The fourth-order valence-electron chi connectivity index (χ4n) is 4.63. The number of benzene rings is 2. The number of Topliss-reactive ketones (excluding diaryl/α,β-unsaturated/α-hetero) is 1. The van der Waals surface area contributed by atoms with Gasteiger partial charge in [0.05, 0.1) is 23.1 Å². The van der Waals surface area contributed by atoms with E-state index in [-0.39, 0.29) is 36.1 Å². The second kappa shape index (κ2) is 7.59. The van der Waals surface area contributed by atoms with E-state index in [1.165, 1.54) is 17.0 Å². The van der Waals surface area contributed by atoms with E-state index >= 15 is 0 Å². The van der Waals surface area contributed by atoms with E-state index < -0.39 is 17.7 Å². The number of nitriles is 1. The normalized spacial score (nSPS) is 20.1. The van der Waals surface area contributed by atoms with Gasteiger partial charge in [0.2, 0.25) is 6.79 Å². The Morgan fingerprint density at radius 3 is 2.64 bits per heavy atom. The Hall–Kier alpha value is -3.93. The number of fused-ring (bicyclic) bond motifs is 1. The second-order valence-electron chi connectivity index (χ2n) is 7.98. The lowest BCUT2D eigenvalue weighted by Gasteiger charge is -2.39. The number of hydrogen-bond donors (Lipinski definition) is 1. The van der Waals surface area contributed by atoms with Gasteiger partial charge in [-0.15, -0.1) is 0 Å². The molecule has 0 amide bonds. The number of carbonyl (C=O) groups is 1. The molecular weight excluding hydrogens is 435 g/mol.